The number of esters is 1. The minimum atomic E-state index is -0.344. The second kappa shape index (κ2) is 6.36. The highest BCUT2D eigenvalue weighted by Crippen LogP contribution is 2.24. The molecule has 1 aliphatic heterocycles. The topological polar surface area (TPSA) is 60.5 Å². The summed E-state index contributed by atoms with van der Waals surface area (Å²) in [5, 5.41) is 0. The Morgan fingerprint density at radius 3 is 3.14 bits per heavy atom. The molecule has 22 heavy (non-hydrogen) atoms. The third kappa shape index (κ3) is 3.06. The Hall–Kier alpha value is -2.08. The number of likely N-dealkylation sites (tertiary alicyclic amines) is 1. The van der Waals surface area contributed by atoms with E-state index >= 15 is 0 Å². The molecule has 6 heteroatoms. The maximum Gasteiger partial charge on any atom is 0.341 e. The Labute approximate surface area is 129 Å². The van der Waals surface area contributed by atoms with Crippen molar-refractivity contribution in [3.63, 3.8) is 0 Å². The van der Waals surface area contributed by atoms with Crippen molar-refractivity contribution >= 4 is 5.97 Å². The van der Waals surface area contributed by atoms with Crippen molar-refractivity contribution in [3.05, 3.63) is 41.9 Å². The lowest BCUT2D eigenvalue weighted by Crippen LogP contribution is -2.32. The summed E-state index contributed by atoms with van der Waals surface area (Å²) in [7, 11) is 1.38. The van der Waals surface area contributed by atoms with E-state index in [-0.39, 0.29) is 5.97 Å². The Balaban J connectivity index is 1.68. The second-order valence-corrected chi connectivity index (χ2v) is 5.70. The van der Waals surface area contributed by atoms with Gasteiger partial charge in [0.2, 0.25) is 0 Å². The molecule has 1 fully saturated rings. The van der Waals surface area contributed by atoms with E-state index in [0.717, 1.165) is 25.4 Å². The van der Waals surface area contributed by atoms with Gasteiger partial charge in [-0.1, -0.05) is 0 Å². The van der Waals surface area contributed by atoms with Crippen molar-refractivity contribution in [3.8, 4) is 0 Å². The molecule has 0 amide bonds. The maximum absolute atomic E-state index is 11.7. The van der Waals surface area contributed by atoms with Crippen LogP contribution in [0.2, 0.25) is 0 Å². The highest BCUT2D eigenvalue weighted by Gasteiger charge is 2.26. The van der Waals surface area contributed by atoms with E-state index in [0.29, 0.717) is 17.4 Å². The van der Waals surface area contributed by atoms with Crippen molar-refractivity contribution in [2.75, 3.05) is 13.7 Å². The molecule has 6 nitrogen and oxygen atoms in total. The normalized spacial score (nSPS) is 18.7. The second-order valence-electron chi connectivity index (χ2n) is 5.70. The van der Waals surface area contributed by atoms with Crippen LogP contribution in [0, 0.1) is 6.92 Å². The van der Waals surface area contributed by atoms with Gasteiger partial charge < -0.3 is 13.7 Å². The molecule has 0 saturated carbocycles. The minimum Gasteiger partial charge on any atom is -0.465 e. The summed E-state index contributed by atoms with van der Waals surface area (Å²) in [6.45, 7) is 4.50. The molecule has 0 N–H and O–H groups in total. The van der Waals surface area contributed by atoms with Gasteiger partial charge in [0.05, 0.1) is 20.0 Å². The van der Waals surface area contributed by atoms with Crippen LogP contribution in [-0.4, -0.2) is 40.1 Å². The molecule has 3 rings (SSSR count). The number of nitrogens with zero attached hydrogens (tertiary/aromatic N) is 3. The summed E-state index contributed by atoms with van der Waals surface area (Å²) in [4.78, 5) is 18.1. The first kappa shape index (κ1) is 14.8. The molecule has 118 valence electrons. The van der Waals surface area contributed by atoms with Crippen LogP contribution in [0.25, 0.3) is 0 Å². The van der Waals surface area contributed by atoms with Gasteiger partial charge in [-0.05, 0) is 32.4 Å². The molecule has 1 atom stereocenters. The molecule has 1 saturated heterocycles. The maximum atomic E-state index is 11.7. The van der Waals surface area contributed by atoms with E-state index in [1.807, 2.05) is 12.5 Å². The van der Waals surface area contributed by atoms with Crippen LogP contribution in [0.15, 0.2) is 29.2 Å². The van der Waals surface area contributed by atoms with Gasteiger partial charge in [-0.25, -0.2) is 9.78 Å². The van der Waals surface area contributed by atoms with E-state index in [4.69, 9.17) is 9.15 Å². The van der Waals surface area contributed by atoms with Gasteiger partial charge in [-0.15, -0.1) is 0 Å². The summed E-state index contributed by atoms with van der Waals surface area (Å²) >= 11 is 0. The zero-order valence-corrected chi connectivity index (χ0v) is 13.0. The van der Waals surface area contributed by atoms with Gasteiger partial charge in [0.1, 0.15) is 17.1 Å². The molecule has 0 aliphatic carbocycles. The van der Waals surface area contributed by atoms with E-state index in [2.05, 4.69) is 14.5 Å². The number of carbonyl (C=O) groups is 1. The number of aryl methyl sites for hydroxylation is 1. The molecular weight excluding hydrogens is 282 g/mol. The van der Waals surface area contributed by atoms with Crippen molar-refractivity contribution in [2.45, 2.75) is 38.9 Å². The molecule has 1 aliphatic rings. The van der Waals surface area contributed by atoms with E-state index < -0.39 is 0 Å². The number of rotatable bonds is 5. The van der Waals surface area contributed by atoms with Gasteiger partial charge in [-0.2, -0.15) is 0 Å². The number of hydrogen-bond donors (Lipinski definition) is 0. The number of furan rings is 1. The lowest BCUT2D eigenvalue weighted by molar-refractivity contribution is 0.0599. The minimum absolute atomic E-state index is 0.344. The highest BCUT2D eigenvalue weighted by molar-refractivity contribution is 5.90. The Morgan fingerprint density at radius 1 is 1.55 bits per heavy atom. The SMILES string of the molecule is COC(=O)c1cc(CN2CCCC2Cn2ccnc2)oc1C. The summed E-state index contributed by atoms with van der Waals surface area (Å²) in [5.41, 5.74) is 0.517. The zero-order chi connectivity index (χ0) is 15.5. The number of hydrogen-bond acceptors (Lipinski definition) is 5. The number of carbonyl (C=O) groups excluding carboxylic acids is 1. The number of ether oxygens (including phenoxy) is 1. The lowest BCUT2D eigenvalue weighted by Gasteiger charge is -2.23. The molecule has 0 bridgehead atoms. The van der Waals surface area contributed by atoms with Crippen LogP contribution in [-0.2, 0) is 17.8 Å². The first-order valence-electron chi connectivity index (χ1n) is 7.55. The summed E-state index contributed by atoms with van der Waals surface area (Å²) in [6, 6.07) is 2.27. The van der Waals surface area contributed by atoms with Gasteiger partial charge in [0.25, 0.3) is 0 Å². The summed E-state index contributed by atoms with van der Waals surface area (Å²) < 4.78 is 12.6. The Morgan fingerprint density at radius 2 is 2.41 bits per heavy atom. The highest BCUT2D eigenvalue weighted by atomic mass is 16.5. The Bertz CT molecular complexity index is 633. The zero-order valence-electron chi connectivity index (χ0n) is 13.0. The smallest absolute Gasteiger partial charge is 0.341 e. The third-order valence-corrected chi connectivity index (χ3v) is 4.21. The monoisotopic (exact) mass is 303 g/mol. The standard InChI is InChI=1S/C16H21N3O3/c1-12-15(16(20)21-2)8-14(22-12)10-19-6-3-4-13(19)9-18-7-5-17-11-18/h5,7-8,11,13H,3-4,6,9-10H2,1-2H3. The van der Waals surface area contributed by atoms with E-state index in [1.54, 1.807) is 19.2 Å². The van der Waals surface area contributed by atoms with Gasteiger partial charge in [-0.3, -0.25) is 4.90 Å². The molecule has 2 aromatic heterocycles. The fourth-order valence-electron chi connectivity index (χ4n) is 3.08. The summed E-state index contributed by atoms with van der Waals surface area (Å²) in [6.07, 6.45) is 7.99. The first-order valence-corrected chi connectivity index (χ1v) is 7.55. The predicted molar refractivity (Wildman–Crippen MR) is 80.4 cm³/mol. The third-order valence-electron chi connectivity index (χ3n) is 4.21. The van der Waals surface area contributed by atoms with Crippen LogP contribution in [0.1, 0.15) is 34.7 Å². The van der Waals surface area contributed by atoms with E-state index in [1.165, 1.54) is 20.0 Å². The quantitative estimate of drug-likeness (QED) is 0.793. The largest absolute Gasteiger partial charge is 0.465 e. The van der Waals surface area contributed by atoms with Crippen LogP contribution in [0.5, 0.6) is 0 Å². The number of imidazole rings is 1. The molecule has 1 unspecified atom stereocenters. The molecular formula is C16H21N3O3. The fourth-order valence-corrected chi connectivity index (χ4v) is 3.08. The van der Waals surface area contributed by atoms with Crippen LogP contribution >= 0.6 is 0 Å². The van der Waals surface area contributed by atoms with Gasteiger partial charge in [0, 0.05) is 25.0 Å². The first-order chi connectivity index (χ1) is 10.7. The molecule has 2 aromatic rings. The molecule has 3 heterocycles. The van der Waals surface area contributed by atoms with Crippen molar-refractivity contribution in [2.24, 2.45) is 0 Å². The predicted octanol–water partition coefficient (Wildman–Crippen LogP) is 2.24. The summed E-state index contributed by atoms with van der Waals surface area (Å²) in [5.74, 6) is 1.09. The average molecular weight is 303 g/mol. The molecule has 0 aromatic carbocycles. The Kier molecular flexibility index (Phi) is 4.29. The van der Waals surface area contributed by atoms with Crippen LogP contribution < -0.4 is 0 Å². The van der Waals surface area contributed by atoms with Gasteiger partial charge >= 0.3 is 5.97 Å². The van der Waals surface area contributed by atoms with Gasteiger partial charge in [0.15, 0.2) is 0 Å². The molecule has 0 radical (unpaired) electrons. The van der Waals surface area contributed by atoms with Crippen molar-refractivity contribution < 1.29 is 13.9 Å². The van der Waals surface area contributed by atoms with Crippen molar-refractivity contribution in [1.82, 2.24) is 14.5 Å². The van der Waals surface area contributed by atoms with Crippen LogP contribution in [0.4, 0.5) is 0 Å². The number of methoxy groups -OCH3 is 1. The lowest BCUT2D eigenvalue weighted by atomic mass is 10.2. The average Bonchev–Trinajstić information content (AvgIpc) is 3.22. The van der Waals surface area contributed by atoms with E-state index in [9.17, 15) is 4.79 Å². The van der Waals surface area contributed by atoms with Crippen LogP contribution in [0.3, 0.4) is 0 Å². The number of aromatic nitrogens is 2. The fraction of sp³-hybridized carbons (Fsp3) is 0.500. The van der Waals surface area contributed by atoms with Crippen molar-refractivity contribution in [1.29, 1.82) is 0 Å². The molecule has 0 spiro atoms.